The third-order valence-electron chi connectivity index (χ3n) is 3.69. The molecule has 0 aromatic heterocycles. The summed E-state index contributed by atoms with van der Waals surface area (Å²) in [7, 11) is 0. The van der Waals surface area contributed by atoms with Gasteiger partial charge in [0.2, 0.25) is 5.91 Å². The second kappa shape index (κ2) is 5.87. The zero-order valence-electron chi connectivity index (χ0n) is 10.2. The molecule has 0 aromatic rings. The third kappa shape index (κ3) is 3.11. The van der Waals surface area contributed by atoms with Crippen molar-refractivity contribution in [1.82, 2.24) is 10.2 Å². The first-order valence-electron chi connectivity index (χ1n) is 6.19. The number of halogens is 1. The summed E-state index contributed by atoms with van der Waals surface area (Å²) in [6, 6.07) is 0.898. The lowest BCUT2D eigenvalue weighted by molar-refractivity contribution is -0.132. The summed E-state index contributed by atoms with van der Waals surface area (Å²) in [5, 5.41) is 3.39. The summed E-state index contributed by atoms with van der Waals surface area (Å²) in [6.07, 6.45) is 4.27. The van der Waals surface area contributed by atoms with Crippen LogP contribution in [0.4, 0.5) is 0 Å². The van der Waals surface area contributed by atoms with Crippen molar-refractivity contribution in [3.63, 3.8) is 0 Å². The summed E-state index contributed by atoms with van der Waals surface area (Å²) in [4.78, 5) is 14.1. The molecule has 3 atom stereocenters. The van der Waals surface area contributed by atoms with Gasteiger partial charge in [0.1, 0.15) is 0 Å². The SMILES string of the molecule is CC1CC(C)N(C(=O)CC2CCCN2)C1.Cl. The number of nitrogens with one attached hydrogen (secondary N) is 1. The van der Waals surface area contributed by atoms with Gasteiger partial charge in [-0.1, -0.05) is 6.92 Å². The van der Waals surface area contributed by atoms with Gasteiger partial charge in [0.25, 0.3) is 0 Å². The second-order valence-electron chi connectivity index (χ2n) is 5.23. The Morgan fingerprint density at radius 3 is 2.69 bits per heavy atom. The molecule has 2 fully saturated rings. The highest BCUT2D eigenvalue weighted by atomic mass is 35.5. The predicted molar refractivity (Wildman–Crippen MR) is 67.8 cm³/mol. The van der Waals surface area contributed by atoms with E-state index in [9.17, 15) is 4.79 Å². The molecule has 3 nitrogen and oxygen atoms in total. The highest BCUT2D eigenvalue weighted by Crippen LogP contribution is 2.23. The monoisotopic (exact) mass is 246 g/mol. The standard InChI is InChI=1S/C12H22N2O.ClH/c1-9-6-10(2)14(8-9)12(15)7-11-4-3-5-13-11;/h9-11,13H,3-8H2,1-2H3;1H. The molecule has 0 bridgehead atoms. The van der Waals surface area contributed by atoms with Crippen molar-refractivity contribution >= 4 is 18.3 Å². The summed E-state index contributed by atoms with van der Waals surface area (Å²) in [6.45, 7) is 6.46. The van der Waals surface area contributed by atoms with Crippen molar-refractivity contribution in [3.8, 4) is 0 Å². The number of carbonyl (C=O) groups is 1. The zero-order chi connectivity index (χ0) is 10.8. The zero-order valence-corrected chi connectivity index (χ0v) is 11.1. The van der Waals surface area contributed by atoms with E-state index in [-0.39, 0.29) is 12.4 Å². The van der Waals surface area contributed by atoms with Crippen molar-refractivity contribution in [1.29, 1.82) is 0 Å². The highest BCUT2D eigenvalue weighted by Gasteiger charge is 2.31. The van der Waals surface area contributed by atoms with Gasteiger partial charge in [0.15, 0.2) is 0 Å². The topological polar surface area (TPSA) is 32.3 Å². The Hall–Kier alpha value is -0.280. The Bertz CT molecular complexity index is 241. The number of likely N-dealkylation sites (tertiary alicyclic amines) is 1. The molecule has 0 saturated carbocycles. The lowest BCUT2D eigenvalue weighted by Crippen LogP contribution is -2.37. The van der Waals surface area contributed by atoms with E-state index in [0.29, 0.717) is 30.3 Å². The lowest BCUT2D eigenvalue weighted by Gasteiger charge is -2.23. The number of hydrogen-bond donors (Lipinski definition) is 1. The molecule has 2 heterocycles. The first-order chi connectivity index (χ1) is 7.16. The van der Waals surface area contributed by atoms with Crippen LogP contribution < -0.4 is 5.32 Å². The summed E-state index contributed by atoms with van der Waals surface area (Å²) < 4.78 is 0. The fourth-order valence-corrected chi connectivity index (χ4v) is 2.91. The minimum atomic E-state index is 0. The Morgan fingerprint density at radius 1 is 1.44 bits per heavy atom. The first kappa shape index (κ1) is 13.8. The Balaban J connectivity index is 0.00000128. The van der Waals surface area contributed by atoms with Gasteiger partial charge >= 0.3 is 0 Å². The second-order valence-corrected chi connectivity index (χ2v) is 5.23. The van der Waals surface area contributed by atoms with Crippen LogP contribution in [-0.4, -0.2) is 36.0 Å². The van der Waals surface area contributed by atoms with Crippen molar-refractivity contribution in [3.05, 3.63) is 0 Å². The van der Waals surface area contributed by atoms with Gasteiger partial charge in [0, 0.05) is 25.0 Å². The van der Waals surface area contributed by atoms with E-state index in [1.165, 1.54) is 19.3 Å². The largest absolute Gasteiger partial charge is 0.340 e. The first-order valence-corrected chi connectivity index (χ1v) is 6.19. The molecule has 2 aliphatic rings. The maximum absolute atomic E-state index is 12.0. The minimum absolute atomic E-state index is 0. The number of nitrogens with zero attached hydrogens (tertiary/aromatic N) is 1. The van der Waals surface area contributed by atoms with Crippen LogP contribution >= 0.6 is 12.4 Å². The van der Waals surface area contributed by atoms with Crippen molar-refractivity contribution in [2.24, 2.45) is 5.92 Å². The molecule has 0 spiro atoms. The van der Waals surface area contributed by atoms with E-state index in [1.807, 2.05) is 0 Å². The van der Waals surface area contributed by atoms with Crippen molar-refractivity contribution in [2.75, 3.05) is 13.1 Å². The smallest absolute Gasteiger partial charge is 0.224 e. The fraction of sp³-hybridized carbons (Fsp3) is 0.917. The van der Waals surface area contributed by atoms with E-state index in [2.05, 4.69) is 24.1 Å². The molecule has 1 N–H and O–H groups in total. The normalized spacial score (nSPS) is 33.9. The van der Waals surface area contributed by atoms with Gasteiger partial charge in [0.05, 0.1) is 0 Å². The molecule has 16 heavy (non-hydrogen) atoms. The van der Waals surface area contributed by atoms with Crippen molar-refractivity contribution < 1.29 is 4.79 Å². The number of carbonyl (C=O) groups excluding carboxylic acids is 1. The maximum Gasteiger partial charge on any atom is 0.224 e. The van der Waals surface area contributed by atoms with E-state index < -0.39 is 0 Å². The van der Waals surface area contributed by atoms with Gasteiger partial charge < -0.3 is 10.2 Å². The van der Waals surface area contributed by atoms with Crippen LogP contribution in [0.1, 0.15) is 39.5 Å². The molecular formula is C12H23ClN2O. The van der Waals surface area contributed by atoms with E-state index >= 15 is 0 Å². The quantitative estimate of drug-likeness (QED) is 0.806. The Labute approximate surface area is 104 Å². The molecule has 2 saturated heterocycles. The molecule has 1 amide bonds. The van der Waals surface area contributed by atoms with E-state index in [1.54, 1.807) is 0 Å². The van der Waals surface area contributed by atoms with Crippen LogP contribution in [0.5, 0.6) is 0 Å². The Morgan fingerprint density at radius 2 is 2.19 bits per heavy atom. The molecule has 94 valence electrons. The Kier molecular flexibility index (Phi) is 5.06. The highest BCUT2D eigenvalue weighted by molar-refractivity contribution is 5.85. The van der Waals surface area contributed by atoms with Crippen molar-refractivity contribution in [2.45, 2.75) is 51.6 Å². The molecule has 2 rings (SSSR count). The molecular weight excluding hydrogens is 224 g/mol. The molecule has 0 aromatic carbocycles. The van der Waals surface area contributed by atoms with Gasteiger partial charge in [-0.05, 0) is 38.6 Å². The lowest BCUT2D eigenvalue weighted by atomic mass is 10.1. The van der Waals surface area contributed by atoms with Gasteiger partial charge in [-0.2, -0.15) is 0 Å². The van der Waals surface area contributed by atoms with Gasteiger partial charge in [-0.25, -0.2) is 0 Å². The van der Waals surface area contributed by atoms with Crippen LogP contribution in [0.25, 0.3) is 0 Å². The van der Waals surface area contributed by atoms with Gasteiger partial charge in [-0.15, -0.1) is 12.4 Å². The van der Waals surface area contributed by atoms with Crippen LogP contribution in [0.2, 0.25) is 0 Å². The predicted octanol–water partition coefficient (Wildman–Crippen LogP) is 1.81. The summed E-state index contributed by atoms with van der Waals surface area (Å²) in [5.74, 6) is 1.03. The molecule has 4 heteroatoms. The van der Waals surface area contributed by atoms with Gasteiger partial charge in [-0.3, -0.25) is 4.79 Å². The van der Waals surface area contributed by atoms with Crippen LogP contribution in [0.3, 0.4) is 0 Å². The average Bonchev–Trinajstić information content (AvgIpc) is 2.75. The number of hydrogen-bond acceptors (Lipinski definition) is 2. The maximum atomic E-state index is 12.0. The molecule has 0 aliphatic carbocycles. The molecule has 3 unspecified atom stereocenters. The molecule has 0 radical (unpaired) electrons. The van der Waals surface area contributed by atoms with Crippen LogP contribution in [0.15, 0.2) is 0 Å². The minimum Gasteiger partial charge on any atom is -0.340 e. The summed E-state index contributed by atoms with van der Waals surface area (Å²) in [5.41, 5.74) is 0. The van der Waals surface area contributed by atoms with E-state index in [0.717, 1.165) is 13.1 Å². The molecule has 2 aliphatic heterocycles. The fourth-order valence-electron chi connectivity index (χ4n) is 2.91. The third-order valence-corrected chi connectivity index (χ3v) is 3.69. The average molecular weight is 247 g/mol. The summed E-state index contributed by atoms with van der Waals surface area (Å²) >= 11 is 0. The van der Waals surface area contributed by atoms with Crippen LogP contribution in [0, 0.1) is 5.92 Å². The van der Waals surface area contributed by atoms with E-state index in [4.69, 9.17) is 0 Å². The number of amides is 1. The van der Waals surface area contributed by atoms with Crippen LogP contribution in [-0.2, 0) is 4.79 Å². The number of rotatable bonds is 2.